The molecule has 1 amide bonds. The number of amides is 1. The van der Waals surface area contributed by atoms with Gasteiger partial charge in [0.25, 0.3) is 0 Å². The topological polar surface area (TPSA) is 83.6 Å². The van der Waals surface area contributed by atoms with E-state index in [-0.39, 0.29) is 11.8 Å². The van der Waals surface area contributed by atoms with Crippen molar-refractivity contribution in [2.24, 2.45) is 17.6 Å². The summed E-state index contributed by atoms with van der Waals surface area (Å²) in [4.78, 5) is 24.4. The lowest BCUT2D eigenvalue weighted by molar-refractivity contribution is -0.142. The number of carbonyl (C=O) groups is 2. The van der Waals surface area contributed by atoms with Gasteiger partial charge in [0.2, 0.25) is 5.91 Å². The fourth-order valence-corrected chi connectivity index (χ4v) is 2.25. The van der Waals surface area contributed by atoms with E-state index in [0.29, 0.717) is 26.1 Å². The average Bonchev–Trinajstić information content (AvgIpc) is 2.66. The van der Waals surface area contributed by atoms with E-state index in [2.05, 4.69) is 0 Å². The lowest BCUT2D eigenvalue weighted by atomic mass is 9.99. The number of aliphatic carboxylic acids is 1. The highest BCUT2D eigenvalue weighted by molar-refractivity contribution is 5.78. The molecule has 1 aliphatic heterocycles. The van der Waals surface area contributed by atoms with Crippen molar-refractivity contribution in [1.82, 2.24) is 4.90 Å². The summed E-state index contributed by atoms with van der Waals surface area (Å²) >= 11 is 0. The van der Waals surface area contributed by atoms with E-state index in [0.717, 1.165) is 19.3 Å². The van der Waals surface area contributed by atoms with Crippen molar-refractivity contribution in [3.05, 3.63) is 0 Å². The van der Waals surface area contributed by atoms with Crippen LogP contribution in [0.1, 0.15) is 32.6 Å². The highest BCUT2D eigenvalue weighted by Crippen LogP contribution is 2.23. The van der Waals surface area contributed by atoms with Gasteiger partial charge in [-0.15, -0.1) is 0 Å². The quantitative estimate of drug-likeness (QED) is 0.671. The van der Waals surface area contributed by atoms with Gasteiger partial charge in [-0.25, -0.2) is 0 Å². The maximum absolute atomic E-state index is 11.8. The summed E-state index contributed by atoms with van der Waals surface area (Å²) in [5.41, 5.74) is 5.38. The lowest BCUT2D eigenvalue weighted by Gasteiger charge is -2.15. The van der Waals surface area contributed by atoms with Crippen LogP contribution in [0.5, 0.6) is 0 Å². The van der Waals surface area contributed by atoms with Crippen molar-refractivity contribution >= 4 is 11.9 Å². The molecule has 0 spiro atoms. The highest BCUT2D eigenvalue weighted by Gasteiger charge is 2.36. The van der Waals surface area contributed by atoms with Gasteiger partial charge >= 0.3 is 5.97 Å². The number of nitrogens with two attached hydrogens (primary N) is 1. The number of hydrogen-bond acceptors (Lipinski definition) is 3. The van der Waals surface area contributed by atoms with Crippen LogP contribution in [0.2, 0.25) is 0 Å². The molecule has 0 bridgehead atoms. The number of carbonyl (C=O) groups excluding carboxylic acids is 1. The Hall–Kier alpha value is -1.10. The number of nitrogens with zero attached hydrogens (tertiary/aromatic N) is 1. The zero-order valence-corrected chi connectivity index (χ0v) is 10.4. The van der Waals surface area contributed by atoms with E-state index in [1.807, 2.05) is 6.92 Å². The predicted molar refractivity (Wildman–Crippen MR) is 64.4 cm³/mol. The first-order valence-electron chi connectivity index (χ1n) is 6.27. The Kier molecular flexibility index (Phi) is 5.41. The molecule has 5 nitrogen and oxygen atoms in total. The van der Waals surface area contributed by atoms with E-state index < -0.39 is 11.9 Å². The fourth-order valence-electron chi connectivity index (χ4n) is 2.25. The van der Waals surface area contributed by atoms with Crippen LogP contribution in [0.15, 0.2) is 0 Å². The molecule has 0 aliphatic carbocycles. The average molecular weight is 242 g/mol. The van der Waals surface area contributed by atoms with Crippen LogP contribution in [0.4, 0.5) is 0 Å². The third kappa shape index (κ3) is 4.00. The minimum absolute atomic E-state index is 0.0560. The standard InChI is InChI=1S/C12H22N2O3/c1-9-7-14(8-10(9)12(16)17)11(15)5-3-2-4-6-13/h9-10H,2-8,13H2,1H3,(H,16,17). The number of hydrogen-bond donors (Lipinski definition) is 2. The summed E-state index contributed by atoms with van der Waals surface area (Å²) in [7, 11) is 0. The molecular weight excluding hydrogens is 220 g/mol. The molecule has 98 valence electrons. The van der Waals surface area contributed by atoms with Gasteiger partial charge in [0.05, 0.1) is 5.92 Å². The van der Waals surface area contributed by atoms with Crippen molar-refractivity contribution in [3.63, 3.8) is 0 Å². The Morgan fingerprint density at radius 1 is 1.29 bits per heavy atom. The SMILES string of the molecule is CC1CN(C(=O)CCCCCN)CC1C(=O)O. The predicted octanol–water partition coefficient (Wildman–Crippen LogP) is 0.685. The molecule has 17 heavy (non-hydrogen) atoms. The molecule has 0 saturated carbocycles. The van der Waals surface area contributed by atoms with Gasteiger partial charge in [-0.05, 0) is 25.3 Å². The van der Waals surface area contributed by atoms with Gasteiger partial charge in [-0.1, -0.05) is 13.3 Å². The first-order valence-corrected chi connectivity index (χ1v) is 6.27. The third-order valence-corrected chi connectivity index (χ3v) is 3.38. The van der Waals surface area contributed by atoms with Crippen molar-refractivity contribution in [2.75, 3.05) is 19.6 Å². The van der Waals surface area contributed by atoms with Crippen LogP contribution in [0, 0.1) is 11.8 Å². The molecule has 0 aromatic carbocycles. The van der Waals surface area contributed by atoms with Crippen LogP contribution in [0.25, 0.3) is 0 Å². The summed E-state index contributed by atoms with van der Waals surface area (Å²) in [6, 6.07) is 0. The van der Waals surface area contributed by atoms with E-state index >= 15 is 0 Å². The largest absolute Gasteiger partial charge is 0.481 e. The normalized spacial score (nSPS) is 24.0. The fraction of sp³-hybridized carbons (Fsp3) is 0.833. The second-order valence-electron chi connectivity index (χ2n) is 4.82. The minimum Gasteiger partial charge on any atom is -0.481 e. The maximum Gasteiger partial charge on any atom is 0.308 e. The minimum atomic E-state index is -0.795. The van der Waals surface area contributed by atoms with Crippen LogP contribution in [-0.4, -0.2) is 41.5 Å². The van der Waals surface area contributed by atoms with Crippen LogP contribution in [-0.2, 0) is 9.59 Å². The smallest absolute Gasteiger partial charge is 0.308 e. The molecule has 2 unspecified atom stereocenters. The van der Waals surface area contributed by atoms with Gasteiger partial charge < -0.3 is 15.7 Å². The van der Waals surface area contributed by atoms with Gasteiger partial charge in [0.1, 0.15) is 0 Å². The Bertz CT molecular complexity index is 281. The molecule has 1 heterocycles. The van der Waals surface area contributed by atoms with Gasteiger partial charge in [-0.3, -0.25) is 9.59 Å². The Morgan fingerprint density at radius 3 is 2.53 bits per heavy atom. The molecule has 1 aliphatic rings. The van der Waals surface area contributed by atoms with Gasteiger partial charge in [-0.2, -0.15) is 0 Å². The number of rotatable bonds is 6. The first-order chi connectivity index (χ1) is 8.06. The molecule has 3 N–H and O–H groups in total. The Balaban J connectivity index is 2.32. The van der Waals surface area contributed by atoms with Crippen molar-refractivity contribution in [2.45, 2.75) is 32.6 Å². The number of likely N-dealkylation sites (tertiary alicyclic amines) is 1. The van der Waals surface area contributed by atoms with Crippen LogP contribution >= 0.6 is 0 Å². The van der Waals surface area contributed by atoms with Crippen molar-refractivity contribution in [1.29, 1.82) is 0 Å². The maximum atomic E-state index is 11.8. The molecule has 1 rings (SSSR count). The molecule has 2 atom stereocenters. The van der Waals surface area contributed by atoms with E-state index in [1.165, 1.54) is 0 Å². The number of unbranched alkanes of at least 4 members (excludes halogenated alkanes) is 2. The molecule has 0 aromatic heterocycles. The van der Waals surface area contributed by atoms with E-state index in [9.17, 15) is 9.59 Å². The molecule has 1 saturated heterocycles. The third-order valence-electron chi connectivity index (χ3n) is 3.38. The zero-order chi connectivity index (χ0) is 12.8. The lowest BCUT2D eigenvalue weighted by Crippen LogP contribution is -2.29. The van der Waals surface area contributed by atoms with Gasteiger partial charge in [0.15, 0.2) is 0 Å². The monoisotopic (exact) mass is 242 g/mol. The first kappa shape index (κ1) is 14.0. The molecule has 1 fully saturated rings. The van der Waals surface area contributed by atoms with Crippen LogP contribution in [0.3, 0.4) is 0 Å². The summed E-state index contributed by atoms with van der Waals surface area (Å²) in [5, 5.41) is 8.98. The van der Waals surface area contributed by atoms with Crippen LogP contribution < -0.4 is 5.73 Å². The summed E-state index contributed by atoms with van der Waals surface area (Å²) in [6.45, 7) is 3.50. The van der Waals surface area contributed by atoms with E-state index in [4.69, 9.17) is 10.8 Å². The number of carboxylic acids is 1. The highest BCUT2D eigenvalue weighted by atomic mass is 16.4. The number of carboxylic acid groups (broad SMARTS) is 1. The Labute approximate surface area is 102 Å². The second-order valence-corrected chi connectivity index (χ2v) is 4.82. The second kappa shape index (κ2) is 6.59. The Morgan fingerprint density at radius 2 is 2.00 bits per heavy atom. The molecule has 0 aromatic rings. The van der Waals surface area contributed by atoms with Crippen molar-refractivity contribution in [3.8, 4) is 0 Å². The zero-order valence-electron chi connectivity index (χ0n) is 10.4. The molecular formula is C12H22N2O3. The summed E-state index contributed by atoms with van der Waals surface area (Å²) in [5.74, 6) is -1.06. The van der Waals surface area contributed by atoms with E-state index in [1.54, 1.807) is 4.90 Å². The van der Waals surface area contributed by atoms with Gasteiger partial charge in [0, 0.05) is 19.5 Å². The molecule has 5 heteroatoms. The molecule has 0 radical (unpaired) electrons. The summed E-state index contributed by atoms with van der Waals surface area (Å²) < 4.78 is 0. The van der Waals surface area contributed by atoms with Crippen molar-refractivity contribution < 1.29 is 14.7 Å². The summed E-state index contributed by atoms with van der Waals surface area (Å²) in [6.07, 6.45) is 3.27.